The van der Waals surface area contributed by atoms with E-state index in [0.29, 0.717) is 17.5 Å². The molecular weight excluding hydrogens is 787 g/mol. The van der Waals surface area contributed by atoms with Gasteiger partial charge in [-0.25, -0.2) is 15.0 Å². The minimum Gasteiger partial charge on any atom is -0.308 e. The lowest BCUT2D eigenvalue weighted by Gasteiger charge is -2.11. The Labute approximate surface area is 366 Å². The lowest BCUT2D eigenvalue weighted by atomic mass is 10.0. The van der Waals surface area contributed by atoms with Crippen LogP contribution >= 0.6 is 11.3 Å². The zero-order valence-electron chi connectivity index (χ0n) is 33.9. The van der Waals surface area contributed by atoms with Crippen LogP contribution in [0.4, 0.5) is 0 Å². The van der Waals surface area contributed by atoms with Gasteiger partial charge in [0, 0.05) is 60.4 Å². The Morgan fingerprint density at radius 3 is 1.13 bits per heavy atom. The van der Waals surface area contributed by atoms with Crippen LogP contribution in [0.25, 0.3) is 120 Å². The molecule has 13 aromatic rings. The van der Waals surface area contributed by atoms with E-state index in [0.717, 1.165) is 33.6 Å². The fraction of sp³-hybridized carbons (Fsp3) is 0. The van der Waals surface area contributed by atoms with Crippen LogP contribution in [0.5, 0.6) is 0 Å². The molecule has 0 N–H and O–H groups in total. The average Bonchev–Trinajstić information content (AvgIpc) is 4.03. The number of hydrogen-bond donors (Lipinski definition) is 0. The molecule has 0 atom stereocenters. The third-order valence-corrected chi connectivity index (χ3v) is 13.6. The van der Waals surface area contributed by atoms with Gasteiger partial charge in [0.15, 0.2) is 17.5 Å². The molecule has 0 spiro atoms. The molecule has 0 radical (unpaired) electrons. The molecule has 0 aliphatic carbocycles. The van der Waals surface area contributed by atoms with Crippen LogP contribution in [0.2, 0.25) is 0 Å². The zero-order valence-corrected chi connectivity index (χ0v) is 34.7. The van der Waals surface area contributed by atoms with Gasteiger partial charge in [0.1, 0.15) is 0 Å². The molecule has 0 saturated carbocycles. The van der Waals surface area contributed by atoms with Gasteiger partial charge in [0.25, 0.3) is 0 Å². The van der Waals surface area contributed by atoms with E-state index in [-0.39, 0.29) is 0 Å². The summed E-state index contributed by atoms with van der Waals surface area (Å²) in [7, 11) is 0. The van der Waals surface area contributed by atoms with E-state index in [2.05, 4.69) is 185 Å². The van der Waals surface area contributed by atoms with E-state index in [1.54, 1.807) is 0 Å². The van der Waals surface area contributed by atoms with Crippen molar-refractivity contribution in [1.82, 2.24) is 24.1 Å². The molecule has 4 heterocycles. The maximum Gasteiger partial charge on any atom is 0.164 e. The number of benzene rings is 9. The number of fused-ring (bicyclic) bond motifs is 11. The number of nitrogens with zero attached hydrogens (tertiary/aromatic N) is 5. The molecule has 0 amide bonds. The molecule has 63 heavy (non-hydrogen) atoms. The highest BCUT2D eigenvalue weighted by Crippen LogP contribution is 2.47. The molecule has 0 fully saturated rings. The van der Waals surface area contributed by atoms with Crippen molar-refractivity contribution in [2.75, 3.05) is 0 Å². The highest BCUT2D eigenvalue weighted by Gasteiger charge is 2.22. The number of thiophene rings is 1. The summed E-state index contributed by atoms with van der Waals surface area (Å²) in [5, 5.41) is 7.53. The summed E-state index contributed by atoms with van der Waals surface area (Å²) < 4.78 is 7.45. The maximum atomic E-state index is 5.10. The van der Waals surface area contributed by atoms with Gasteiger partial charge >= 0.3 is 0 Å². The van der Waals surface area contributed by atoms with Gasteiger partial charge in [-0.2, -0.15) is 0 Å². The van der Waals surface area contributed by atoms with E-state index in [4.69, 9.17) is 15.0 Å². The van der Waals surface area contributed by atoms with E-state index in [9.17, 15) is 0 Å². The molecule has 5 nitrogen and oxygen atoms in total. The first kappa shape index (κ1) is 35.6. The molecule has 6 heteroatoms. The molecule has 0 bridgehead atoms. The molecule has 13 rings (SSSR count). The third-order valence-electron chi connectivity index (χ3n) is 12.4. The molecule has 0 unspecified atom stereocenters. The van der Waals surface area contributed by atoms with Crippen LogP contribution in [0.3, 0.4) is 0 Å². The fourth-order valence-electron chi connectivity index (χ4n) is 9.45. The Balaban J connectivity index is 0.985. The van der Waals surface area contributed by atoms with E-state index in [1.165, 1.54) is 69.3 Å². The van der Waals surface area contributed by atoms with Crippen LogP contribution in [0, 0.1) is 0 Å². The Morgan fingerprint density at radius 2 is 0.619 bits per heavy atom. The van der Waals surface area contributed by atoms with Crippen LogP contribution in [-0.2, 0) is 0 Å². The lowest BCUT2D eigenvalue weighted by Crippen LogP contribution is -2.00. The van der Waals surface area contributed by atoms with Gasteiger partial charge in [-0.3, -0.25) is 0 Å². The van der Waals surface area contributed by atoms with Gasteiger partial charge in [-0.15, -0.1) is 11.3 Å². The van der Waals surface area contributed by atoms with Gasteiger partial charge in [-0.1, -0.05) is 164 Å². The van der Waals surface area contributed by atoms with Crippen molar-refractivity contribution < 1.29 is 0 Å². The number of aromatic nitrogens is 5. The Hall–Kier alpha value is -8.19. The monoisotopic (exact) mass is 821 g/mol. The SMILES string of the molecule is c1ccc(-c2ccc(-c3nc(-c4ccccc4)nc(-c4ccc(-n5c6ccccc6c6ccc7c8ccc9c%10ccccc%10n(-c%10ccccc%10)c9c8sc7c65)cc4)n3)cc2)cc1. The number of rotatable bonds is 6. The van der Waals surface area contributed by atoms with Crippen molar-refractivity contribution >= 4 is 75.1 Å². The van der Waals surface area contributed by atoms with Gasteiger partial charge in [0.2, 0.25) is 0 Å². The minimum absolute atomic E-state index is 0.629. The Morgan fingerprint density at radius 1 is 0.270 bits per heavy atom. The van der Waals surface area contributed by atoms with Crippen molar-refractivity contribution in [3.8, 4) is 56.7 Å². The lowest BCUT2D eigenvalue weighted by molar-refractivity contribution is 1.07. The van der Waals surface area contributed by atoms with Crippen LogP contribution in [-0.4, -0.2) is 24.1 Å². The van der Waals surface area contributed by atoms with Gasteiger partial charge < -0.3 is 9.13 Å². The largest absolute Gasteiger partial charge is 0.308 e. The first-order valence-corrected chi connectivity index (χ1v) is 22.0. The van der Waals surface area contributed by atoms with Crippen molar-refractivity contribution in [3.05, 3.63) is 212 Å². The highest BCUT2D eigenvalue weighted by molar-refractivity contribution is 7.27. The summed E-state index contributed by atoms with van der Waals surface area (Å²) in [5.74, 6) is 1.91. The molecule has 4 aromatic heterocycles. The first-order valence-electron chi connectivity index (χ1n) is 21.2. The molecule has 0 saturated heterocycles. The summed E-state index contributed by atoms with van der Waals surface area (Å²) in [4.78, 5) is 15.2. The van der Waals surface area contributed by atoms with Crippen LogP contribution in [0.1, 0.15) is 0 Å². The van der Waals surface area contributed by atoms with Crippen LogP contribution < -0.4 is 0 Å². The summed E-state index contributed by atoms with van der Waals surface area (Å²) in [5.41, 5.74) is 12.2. The second-order valence-corrected chi connectivity index (χ2v) is 17.0. The summed E-state index contributed by atoms with van der Waals surface area (Å²) in [6.07, 6.45) is 0. The van der Waals surface area contributed by atoms with Crippen molar-refractivity contribution in [2.24, 2.45) is 0 Å². The molecule has 9 aromatic carbocycles. The van der Waals surface area contributed by atoms with Gasteiger partial charge in [-0.05, 0) is 59.7 Å². The fourth-order valence-corrected chi connectivity index (χ4v) is 10.8. The molecular formula is C57H35N5S. The summed E-state index contributed by atoms with van der Waals surface area (Å²) in [6, 6.07) is 75.4. The summed E-state index contributed by atoms with van der Waals surface area (Å²) >= 11 is 1.90. The van der Waals surface area contributed by atoms with E-state index < -0.39 is 0 Å². The highest BCUT2D eigenvalue weighted by atomic mass is 32.1. The molecule has 0 aliphatic rings. The zero-order chi connectivity index (χ0) is 41.4. The molecule has 0 aliphatic heterocycles. The smallest absolute Gasteiger partial charge is 0.164 e. The van der Waals surface area contributed by atoms with Gasteiger partial charge in [0.05, 0.1) is 31.5 Å². The Kier molecular flexibility index (Phi) is 8.01. The Bertz CT molecular complexity index is 3870. The minimum atomic E-state index is 0.629. The van der Waals surface area contributed by atoms with Crippen molar-refractivity contribution in [1.29, 1.82) is 0 Å². The number of hydrogen-bond acceptors (Lipinski definition) is 4. The number of para-hydroxylation sites is 3. The topological polar surface area (TPSA) is 48.5 Å². The summed E-state index contributed by atoms with van der Waals surface area (Å²) in [6.45, 7) is 0. The van der Waals surface area contributed by atoms with Crippen molar-refractivity contribution in [3.63, 3.8) is 0 Å². The quantitative estimate of drug-likeness (QED) is 0.168. The second kappa shape index (κ2) is 14.2. The standard InChI is InChI=1S/C57H35N5S/c1-4-14-36(15-5-1)37-24-26-39(27-25-37)56-58-55(38-16-6-2-7-17-38)59-57(60-56)40-28-30-42(31-29-40)62-50-23-13-11-21-44(50)46-33-35-48-47-34-32-45-43-20-10-12-22-49(43)61(41-18-8-3-9-19-41)51(45)53(47)63-54(48)52(46)62/h1-35H. The predicted molar refractivity (Wildman–Crippen MR) is 263 cm³/mol. The maximum absolute atomic E-state index is 5.10. The second-order valence-electron chi connectivity index (χ2n) is 16.0. The average molecular weight is 822 g/mol. The van der Waals surface area contributed by atoms with Crippen molar-refractivity contribution in [2.45, 2.75) is 0 Å². The van der Waals surface area contributed by atoms with Crippen LogP contribution in [0.15, 0.2) is 212 Å². The predicted octanol–water partition coefficient (Wildman–Crippen LogP) is 15.1. The van der Waals surface area contributed by atoms with E-state index in [1.807, 2.05) is 47.7 Å². The normalized spacial score (nSPS) is 11.8. The van der Waals surface area contributed by atoms with E-state index >= 15 is 0 Å². The molecule has 294 valence electrons. The first-order chi connectivity index (χ1) is 31.2. The third kappa shape index (κ3) is 5.66.